The van der Waals surface area contributed by atoms with Crippen molar-refractivity contribution in [1.29, 1.82) is 0 Å². The Bertz CT molecular complexity index is 1100. The fourth-order valence-electron chi connectivity index (χ4n) is 4.94. The van der Waals surface area contributed by atoms with Crippen LogP contribution in [0.3, 0.4) is 0 Å². The van der Waals surface area contributed by atoms with Crippen LogP contribution >= 0.6 is 11.3 Å². The van der Waals surface area contributed by atoms with Crippen molar-refractivity contribution in [2.45, 2.75) is 64.7 Å². The molecule has 200 valence electrons. The second kappa shape index (κ2) is 12.8. The van der Waals surface area contributed by atoms with E-state index in [2.05, 4.69) is 19.9 Å². The Morgan fingerprint density at radius 3 is 2.73 bits per heavy atom. The number of halogens is 2. The van der Waals surface area contributed by atoms with Gasteiger partial charge in [-0.1, -0.05) is 6.07 Å². The molecule has 0 N–H and O–H groups in total. The zero-order valence-corrected chi connectivity index (χ0v) is 22.5. The Morgan fingerprint density at radius 1 is 1.22 bits per heavy atom. The first-order chi connectivity index (χ1) is 17.7. The average molecular weight is 531 g/mol. The minimum absolute atomic E-state index is 0.230. The quantitative estimate of drug-likeness (QED) is 0.303. The first-order valence-corrected chi connectivity index (χ1v) is 14.0. The van der Waals surface area contributed by atoms with Gasteiger partial charge in [-0.2, -0.15) is 0 Å². The third-order valence-electron chi connectivity index (χ3n) is 7.07. The number of thiazole rings is 1. The molecule has 37 heavy (non-hydrogen) atoms. The third kappa shape index (κ3) is 9.07. The molecule has 0 aromatic carbocycles. The Morgan fingerprint density at radius 2 is 2.00 bits per heavy atom. The summed E-state index contributed by atoms with van der Waals surface area (Å²) in [5, 5.41) is 2.91. The number of aliphatic imine (C=N–C) groups is 1. The monoisotopic (exact) mass is 530 g/mol. The van der Waals surface area contributed by atoms with Gasteiger partial charge in [0.2, 0.25) is 5.88 Å². The molecule has 1 aliphatic heterocycles. The molecule has 1 saturated carbocycles. The zero-order valence-electron chi connectivity index (χ0n) is 21.7. The molecule has 3 heterocycles. The highest BCUT2D eigenvalue weighted by Crippen LogP contribution is 2.30. The summed E-state index contributed by atoms with van der Waals surface area (Å²) in [5.41, 5.74) is 2.95. The summed E-state index contributed by atoms with van der Waals surface area (Å²) in [6.07, 6.45) is 12.4. The Balaban J connectivity index is 1.16. The van der Waals surface area contributed by atoms with Gasteiger partial charge in [0, 0.05) is 55.9 Å². The topological polar surface area (TPSA) is 67.7 Å². The van der Waals surface area contributed by atoms with Gasteiger partial charge in [-0.15, -0.1) is 11.3 Å². The van der Waals surface area contributed by atoms with Gasteiger partial charge in [-0.05, 0) is 75.5 Å². The highest BCUT2D eigenvalue weighted by Gasteiger charge is 2.24. The number of alkyl halides is 2. The molecule has 2 aromatic rings. The molecule has 1 aliphatic carbocycles. The van der Waals surface area contributed by atoms with Crippen LogP contribution in [0.5, 0.6) is 5.88 Å². The number of rotatable bonds is 9. The van der Waals surface area contributed by atoms with E-state index in [1.54, 1.807) is 23.5 Å². The highest BCUT2D eigenvalue weighted by atomic mass is 32.1. The maximum atomic E-state index is 13.1. The standard InChI is InChI=1S/C28H36F2N4O2S/c1-20-32-24(18-37-20)8-9-26(35)31-17-22-5-3-21(4-6-22)11-14-34-15-12-23-7-10-27(33-25(23)13-16-34)36-19-28(2,29)30/h7-10,17-18,21-22H,3-6,11-16,19H2,1-2H3/b9-8+,31-17?. The van der Waals surface area contributed by atoms with Crippen molar-refractivity contribution >= 4 is 29.5 Å². The van der Waals surface area contributed by atoms with Crippen molar-refractivity contribution in [2.75, 3.05) is 26.2 Å². The van der Waals surface area contributed by atoms with Gasteiger partial charge in [0.05, 0.1) is 10.7 Å². The zero-order chi connectivity index (χ0) is 26.3. The van der Waals surface area contributed by atoms with E-state index in [0.717, 1.165) is 81.5 Å². The van der Waals surface area contributed by atoms with Gasteiger partial charge in [-0.3, -0.25) is 4.79 Å². The minimum Gasteiger partial charge on any atom is -0.471 e. The molecule has 0 unspecified atom stereocenters. The van der Waals surface area contributed by atoms with Crippen LogP contribution in [0, 0.1) is 18.8 Å². The number of ether oxygens (including phenoxy) is 1. The van der Waals surface area contributed by atoms with Crippen LogP contribution in [-0.2, 0) is 17.6 Å². The summed E-state index contributed by atoms with van der Waals surface area (Å²) in [5.74, 6) is -1.74. The first kappa shape index (κ1) is 27.5. The molecule has 0 bridgehead atoms. The maximum Gasteiger partial charge on any atom is 0.278 e. The van der Waals surface area contributed by atoms with Crippen LogP contribution < -0.4 is 4.74 Å². The van der Waals surface area contributed by atoms with Crippen LogP contribution in [0.25, 0.3) is 6.08 Å². The molecule has 1 amide bonds. The number of hydrogen-bond donors (Lipinski definition) is 0. The summed E-state index contributed by atoms with van der Waals surface area (Å²) in [6, 6.07) is 3.67. The number of aryl methyl sites for hydroxylation is 1. The second-order valence-corrected chi connectivity index (χ2v) is 11.3. The lowest BCUT2D eigenvalue weighted by atomic mass is 9.81. The van der Waals surface area contributed by atoms with Crippen LogP contribution in [0.2, 0.25) is 0 Å². The van der Waals surface area contributed by atoms with Crippen molar-refractivity contribution < 1.29 is 18.3 Å². The lowest BCUT2D eigenvalue weighted by Gasteiger charge is -2.28. The van der Waals surface area contributed by atoms with Gasteiger partial charge in [-0.25, -0.2) is 23.7 Å². The Hall–Kier alpha value is -2.52. The van der Waals surface area contributed by atoms with E-state index in [0.29, 0.717) is 11.8 Å². The van der Waals surface area contributed by atoms with Crippen molar-refractivity contribution in [3.8, 4) is 5.88 Å². The smallest absolute Gasteiger partial charge is 0.278 e. The number of carbonyl (C=O) groups is 1. The third-order valence-corrected chi connectivity index (χ3v) is 7.86. The van der Waals surface area contributed by atoms with E-state index < -0.39 is 12.5 Å². The average Bonchev–Trinajstić information content (AvgIpc) is 3.19. The molecule has 0 spiro atoms. The number of hydrogen-bond acceptors (Lipinski definition) is 6. The summed E-state index contributed by atoms with van der Waals surface area (Å²) in [4.78, 5) is 27.5. The Labute approximate surface area is 221 Å². The number of nitrogens with zero attached hydrogens (tertiary/aromatic N) is 4. The van der Waals surface area contributed by atoms with Gasteiger partial charge in [0.1, 0.15) is 0 Å². The first-order valence-electron chi connectivity index (χ1n) is 13.1. The normalized spacial score (nSPS) is 21.3. The van der Waals surface area contributed by atoms with Crippen molar-refractivity contribution in [3.05, 3.63) is 45.5 Å². The van der Waals surface area contributed by atoms with Crippen molar-refractivity contribution in [1.82, 2.24) is 14.9 Å². The Kier molecular flexibility index (Phi) is 9.54. The predicted molar refractivity (Wildman–Crippen MR) is 144 cm³/mol. The molecular formula is C28H36F2N4O2S. The van der Waals surface area contributed by atoms with Gasteiger partial charge in [0.25, 0.3) is 11.8 Å². The van der Waals surface area contributed by atoms with Crippen molar-refractivity contribution in [3.63, 3.8) is 0 Å². The number of amides is 1. The second-order valence-electron chi connectivity index (χ2n) is 10.3. The van der Waals surface area contributed by atoms with Crippen LogP contribution in [0.4, 0.5) is 8.78 Å². The summed E-state index contributed by atoms with van der Waals surface area (Å²) in [6.45, 7) is 5.10. The minimum atomic E-state index is -2.87. The molecule has 0 atom stereocenters. The van der Waals surface area contributed by atoms with E-state index >= 15 is 0 Å². The fraction of sp³-hybridized carbons (Fsp3) is 0.571. The number of aromatic nitrogens is 2. The van der Waals surface area contributed by atoms with E-state index in [1.807, 2.05) is 24.6 Å². The van der Waals surface area contributed by atoms with E-state index in [4.69, 9.17) is 4.74 Å². The van der Waals surface area contributed by atoms with Gasteiger partial charge >= 0.3 is 0 Å². The predicted octanol–water partition coefficient (Wildman–Crippen LogP) is 5.79. The lowest BCUT2D eigenvalue weighted by Crippen LogP contribution is -2.29. The lowest BCUT2D eigenvalue weighted by molar-refractivity contribution is -0.113. The summed E-state index contributed by atoms with van der Waals surface area (Å²) < 4.78 is 31.4. The molecule has 0 radical (unpaired) electrons. The molecule has 2 aromatic heterocycles. The summed E-state index contributed by atoms with van der Waals surface area (Å²) in [7, 11) is 0. The molecular weight excluding hydrogens is 494 g/mol. The SMILES string of the molecule is Cc1nc(/C=C/C(=O)N=CC2CCC(CCN3CCc4ccc(OCC(C)(F)F)nc4CC3)CC2)cs1. The van der Waals surface area contributed by atoms with Crippen molar-refractivity contribution in [2.24, 2.45) is 16.8 Å². The summed E-state index contributed by atoms with van der Waals surface area (Å²) >= 11 is 1.56. The molecule has 6 nitrogen and oxygen atoms in total. The van der Waals surface area contributed by atoms with Gasteiger partial charge in [0.15, 0.2) is 6.61 Å². The molecule has 2 aliphatic rings. The molecule has 1 fully saturated rings. The van der Waals surface area contributed by atoms with E-state index in [9.17, 15) is 13.6 Å². The highest BCUT2D eigenvalue weighted by molar-refractivity contribution is 7.09. The maximum absolute atomic E-state index is 13.1. The van der Waals surface area contributed by atoms with E-state index in [-0.39, 0.29) is 11.8 Å². The number of carbonyl (C=O) groups excluding carboxylic acids is 1. The molecule has 9 heteroatoms. The van der Waals surface area contributed by atoms with Crippen LogP contribution in [0.1, 0.15) is 61.0 Å². The largest absolute Gasteiger partial charge is 0.471 e. The number of fused-ring (bicyclic) bond motifs is 1. The molecule has 0 saturated heterocycles. The van der Waals surface area contributed by atoms with E-state index in [1.165, 1.54) is 18.1 Å². The van der Waals surface area contributed by atoms with Gasteiger partial charge < -0.3 is 9.64 Å². The fourth-order valence-corrected chi connectivity index (χ4v) is 5.52. The molecule has 4 rings (SSSR count). The van der Waals surface area contributed by atoms with Crippen LogP contribution in [-0.4, -0.2) is 59.2 Å². The van der Waals surface area contributed by atoms with Crippen LogP contribution in [0.15, 0.2) is 28.6 Å². The number of pyridine rings is 1.